The summed E-state index contributed by atoms with van der Waals surface area (Å²) < 4.78 is 14.7. The van der Waals surface area contributed by atoms with Crippen molar-refractivity contribution in [3.8, 4) is 0 Å². The zero-order chi connectivity index (χ0) is 10.7. The van der Waals surface area contributed by atoms with Crippen LogP contribution in [0, 0.1) is 5.92 Å². The minimum atomic E-state index is -0.703. The molecule has 82 valence electrons. The zero-order valence-corrected chi connectivity index (χ0v) is 10.1. The Morgan fingerprint density at radius 2 is 2.20 bits per heavy atom. The first-order valence-corrected chi connectivity index (χ1v) is 6.15. The SMILES string of the molecule is FC1CNCCC1Cc1ccccc1Br. The molecule has 2 atom stereocenters. The smallest absolute Gasteiger partial charge is 0.116 e. The maximum absolute atomic E-state index is 13.6. The number of piperidine rings is 1. The Bertz CT molecular complexity index is 329. The van der Waals surface area contributed by atoms with Crippen molar-refractivity contribution in [2.24, 2.45) is 5.92 Å². The molecule has 1 N–H and O–H groups in total. The van der Waals surface area contributed by atoms with Crippen LogP contribution in [0.3, 0.4) is 0 Å². The molecule has 3 heteroatoms. The van der Waals surface area contributed by atoms with Gasteiger partial charge in [0.15, 0.2) is 0 Å². The van der Waals surface area contributed by atoms with Gasteiger partial charge in [-0.05, 0) is 36.9 Å². The quantitative estimate of drug-likeness (QED) is 0.872. The van der Waals surface area contributed by atoms with Crippen molar-refractivity contribution in [3.05, 3.63) is 34.3 Å². The van der Waals surface area contributed by atoms with Crippen molar-refractivity contribution in [2.45, 2.75) is 19.0 Å². The van der Waals surface area contributed by atoms with Crippen LogP contribution in [0.1, 0.15) is 12.0 Å². The first-order chi connectivity index (χ1) is 7.27. The number of alkyl halides is 1. The van der Waals surface area contributed by atoms with Crippen LogP contribution < -0.4 is 5.32 Å². The van der Waals surface area contributed by atoms with E-state index in [0.717, 1.165) is 23.9 Å². The van der Waals surface area contributed by atoms with Crippen LogP contribution in [-0.2, 0) is 6.42 Å². The molecule has 1 fully saturated rings. The summed E-state index contributed by atoms with van der Waals surface area (Å²) in [5.41, 5.74) is 1.21. The maximum Gasteiger partial charge on any atom is 0.116 e. The molecule has 0 amide bonds. The number of nitrogens with one attached hydrogen (secondary N) is 1. The Hall–Kier alpha value is -0.410. The third-order valence-corrected chi connectivity index (χ3v) is 3.76. The van der Waals surface area contributed by atoms with Crippen LogP contribution in [0.5, 0.6) is 0 Å². The molecule has 1 aromatic rings. The summed E-state index contributed by atoms with van der Waals surface area (Å²) in [7, 11) is 0. The largest absolute Gasteiger partial charge is 0.314 e. The van der Waals surface area contributed by atoms with E-state index in [9.17, 15) is 4.39 Å². The predicted molar refractivity (Wildman–Crippen MR) is 63.7 cm³/mol. The lowest BCUT2D eigenvalue weighted by molar-refractivity contribution is 0.179. The van der Waals surface area contributed by atoms with E-state index in [1.165, 1.54) is 5.56 Å². The van der Waals surface area contributed by atoms with E-state index in [-0.39, 0.29) is 5.92 Å². The Balaban J connectivity index is 2.04. The molecular formula is C12H15BrFN. The van der Waals surface area contributed by atoms with Gasteiger partial charge in [-0.25, -0.2) is 4.39 Å². The molecule has 1 nitrogen and oxygen atoms in total. The van der Waals surface area contributed by atoms with Gasteiger partial charge in [0.2, 0.25) is 0 Å². The summed E-state index contributed by atoms with van der Waals surface area (Å²) in [5, 5.41) is 3.08. The highest BCUT2D eigenvalue weighted by Gasteiger charge is 2.24. The van der Waals surface area contributed by atoms with E-state index in [2.05, 4.69) is 27.3 Å². The van der Waals surface area contributed by atoms with Gasteiger partial charge in [0, 0.05) is 11.0 Å². The van der Waals surface area contributed by atoms with E-state index >= 15 is 0 Å². The molecule has 1 heterocycles. The number of halogens is 2. The third kappa shape index (κ3) is 2.79. The van der Waals surface area contributed by atoms with Gasteiger partial charge in [-0.3, -0.25) is 0 Å². The lowest BCUT2D eigenvalue weighted by Gasteiger charge is -2.26. The molecule has 15 heavy (non-hydrogen) atoms. The molecule has 0 bridgehead atoms. The topological polar surface area (TPSA) is 12.0 Å². The molecule has 0 aromatic heterocycles. The van der Waals surface area contributed by atoms with E-state index in [1.807, 2.05) is 18.2 Å². The monoisotopic (exact) mass is 271 g/mol. The first kappa shape index (κ1) is 11.1. The van der Waals surface area contributed by atoms with Crippen molar-refractivity contribution in [1.82, 2.24) is 5.32 Å². The lowest BCUT2D eigenvalue weighted by Crippen LogP contribution is -2.38. The fraction of sp³-hybridized carbons (Fsp3) is 0.500. The molecule has 1 aromatic carbocycles. The number of benzene rings is 1. The normalized spacial score (nSPS) is 26.5. The second kappa shape index (κ2) is 5.08. The second-order valence-corrected chi connectivity index (χ2v) is 4.92. The third-order valence-electron chi connectivity index (χ3n) is 2.98. The van der Waals surface area contributed by atoms with Gasteiger partial charge in [0.1, 0.15) is 6.17 Å². The Morgan fingerprint density at radius 1 is 1.40 bits per heavy atom. The van der Waals surface area contributed by atoms with E-state index < -0.39 is 6.17 Å². The van der Waals surface area contributed by atoms with Gasteiger partial charge in [0.05, 0.1) is 0 Å². The average Bonchev–Trinajstić information content (AvgIpc) is 2.24. The number of hydrogen-bond acceptors (Lipinski definition) is 1. The van der Waals surface area contributed by atoms with Gasteiger partial charge in [-0.15, -0.1) is 0 Å². The Morgan fingerprint density at radius 3 is 2.93 bits per heavy atom. The molecule has 0 saturated carbocycles. The molecule has 1 saturated heterocycles. The minimum absolute atomic E-state index is 0.171. The van der Waals surface area contributed by atoms with Gasteiger partial charge < -0.3 is 5.32 Å². The second-order valence-electron chi connectivity index (χ2n) is 4.06. The summed E-state index contributed by atoms with van der Waals surface area (Å²) >= 11 is 3.50. The van der Waals surface area contributed by atoms with Crippen LogP contribution in [-0.4, -0.2) is 19.3 Å². The summed E-state index contributed by atoms with van der Waals surface area (Å²) in [4.78, 5) is 0. The Labute approximate surface area is 98.2 Å². The number of rotatable bonds is 2. The van der Waals surface area contributed by atoms with Crippen molar-refractivity contribution < 1.29 is 4.39 Å². The van der Waals surface area contributed by atoms with Crippen molar-refractivity contribution in [1.29, 1.82) is 0 Å². The predicted octanol–water partition coefficient (Wildman–Crippen LogP) is 2.94. The summed E-state index contributed by atoms with van der Waals surface area (Å²) in [6, 6.07) is 8.08. The highest BCUT2D eigenvalue weighted by molar-refractivity contribution is 9.10. The minimum Gasteiger partial charge on any atom is -0.314 e. The first-order valence-electron chi connectivity index (χ1n) is 5.35. The van der Waals surface area contributed by atoms with Crippen molar-refractivity contribution in [3.63, 3.8) is 0 Å². The van der Waals surface area contributed by atoms with E-state index in [0.29, 0.717) is 6.54 Å². The van der Waals surface area contributed by atoms with Crippen LogP contribution in [0.4, 0.5) is 4.39 Å². The van der Waals surface area contributed by atoms with E-state index in [1.54, 1.807) is 0 Å². The van der Waals surface area contributed by atoms with Crippen molar-refractivity contribution >= 4 is 15.9 Å². The van der Waals surface area contributed by atoms with Crippen LogP contribution in [0.2, 0.25) is 0 Å². The lowest BCUT2D eigenvalue weighted by atomic mass is 9.89. The standard InChI is InChI=1S/C12H15BrFN/c13-11-4-2-1-3-9(11)7-10-5-6-15-8-12(10)14/h1-4,10,12,15H,5-8H2. The van der Waals surface area contributed by atoms with Gasteiger partial charge in [0.25, 0.3) is 0 Å². The highest BCUT2D eigenvalue weighted by Crippen LogP contribution is 2.25. The molecule has 1 aliphatic heterocycles. The summed E-state index contributed by atoms with van der Waals surface area (Å²) in [5.74, 6) is 0.171. The number of hydrogen-bond donors (Lipinski definition) is 1. The van der Waals surface area contributed by atoms with Gasteiger partial charge >= 0.3 is 0 Å². The van der Waals surface area contributed by atoms with Gasteiger partial charge in [-0.1, -0.05) is 34.1 Å². The summed E-state index contributed by atoms with van der Waals surface area (Å²) in [6.45, 7) is 1.45. The highest BCUT2D eigenvalue weighted by atomic mass is 79.9. The molecule has 1 aliphatic rings. The Kier molecular flexibility index (Phi) is 3.76. The fourth-order valence-electron chi connectivity index (χ4n) is 2.05. The van der Waals surface area contributed by atoms with Crippen LogP contribution in [0.25, 0.3) is 0 Å². The fourth-order valence-corrected chi connectivity index (χ4v) is 2.50. The van der Waals surface area contributed by atoms with E-state index in [4.69, 9.17) is 0 Å². The van der Waals surface area contributed by atoms with Crippen molar-refractivity contribution in [2.75, 3.05) is 13.1 Å². The summed E-state index contributed by atoms with van der Waals surface area (Å²) in [6.07, 6.45) is 1.07. The zero-order valence-electron chi connectivity index (χ0n) is 8.55. The molecule has 0 spiro atoms. The molecule has 0 radical (unpaired) electrons. The maximum atomic E-state index is 13.6. The molecule has 0 aliphatic carbocycles. The molecule has 2 unspecified atom stereocenters. The van der Waals surface area contributed by atoms with Crippen LogP contribution in [0.15, 0.2) is 28.7 Å². The van der Waals surface area contributed by atoms with Gasteiger partial charge in [-0.2, -0.15) is 0 Å². The average molecular weight is 272 g/mol. The molecule has 2 rings (SSSR count). The van der Waals surface area contributed by atoms with Crippen LogP contribution >= 0.6 is 15.9 Å². The molecular weight excluding hydrogens is 257 g/mol.